The van der Waals surface area contributed by atoms with E-state index in [1.54, 1.807) is 36.4 Å². The van der Waals surface area contributed by atoms with Gasteiger partial charge in [0.25, 0.3) is 17.4 Å². The van der Waals surface area contributed by atoms with Crippen LogP contribution in [0.2, 0.25) is 0 Å². The number of hydrogen-bond acceptors (Lipinski definition) is 7. The molecule has 3 heterocycles. The molecule has 0 spiro atoms. The highest BCUT2D eigenvalue weighted by Gasteiger charge is 2.34. The molecular formula is C24H19N3O6. The van der Waals surface area contributed by atoms with Crippen molar-refractivity contribution in [1.29, 1.82) is 0 Å². The summed E-state index contributed by atoms with van der Waals surface area (Å²) in [5.74, 6) is -1.20. The van der Waals surface area contributed by atoms with Crippen LogP contribution in [0.1, 0.15) is 33.6 Å². The Morgan fingerprint density at radius 1 is 0.939 bits per heavy atom. The van der Waals surface area contributed by atoms with E-state index >= 15 is 0 Å². The van der Waals surface area contributed by atoms with Gasteiger partial charge in [0.2, 0.25) is 5.58 Å². The second-order valence-electron chi connectivity index (χ2n) is 7.69. The number of carbonyl (C=O) groups excluding carboxylic acids is 3. The number of hydrogen-bond donors (Lipinski definition) is 0. The summed E-state index contributed by atoms with van der Waals surface area (Å²) >= 11 is 0. The number of fused-ring (bicyclic) bond motifs is 4. The molecular weight excluding hydrogens is 426 g/mol. The zero-order valence-electron chi connectivity index (χ0n) is 17.5. The molecule has 0 aliphatic carbocycles. The molecule has 166 valence electrons. The lowest BCUT2D eigenvalue weighted by molar-refractivity contribution is -0.144. The molecule has 2 amide bonds. The number of imide groups is 1. The minimum Gasteiger partial charge on any atom is -0.464 e. The molecule has 9 heteroatoms. The Morgan fingerprint density at radius 3 is 2.39 bits per heavy atom. The normalized spacial score (nSPS) is 13.2. The van der Waals surface area contributed by atoms with Gasteiger partial charge in [0.1, 0.15) is 17.6 Å². The average Bonchev–Trinajstić information content (AvgIpc) is 3.32. The van der Waals surface area contributed by atoms with Crippen LogP contribution in [0.25, 0.3) is 22.1 Å². The molecule has 0 saturated carbocycles. The number of carbonyl (C=O) groups is 3. The summed E-state index contributed by atoms with van der Waals surface area (Å²) in [6.45, 7) is 0.0598. The first-order chi connectivity index (χ1) is 16.0. The molecule has 2 aromatic carbocycles. The van der Waals surface area contributed by atoms with Gasteiger partial charge < -0.3 is 9.15 Å². The van der Waals surface area contributed by atoms with Crippen LogP contribution < -0.4 is 5.56 Å². The molecule has 5 rings (SSSR count). The lowest BCUT2D eigenvalue weighted by Gasteiger charge is -2.13. The van der Waals surface area contributed by atoms with Crippen molar-refractivity contribution < 1.29 is 23.5 Å². The van der Waals surface area contributed by atoms with Crippen LogP contribution in [-0.4, -0.2) is 45.4 Å². The van der Waals surface area contributed by atoms with Crippen LogP contribution in [0.4, 0.5) is 0 Å². The number of para-hydroxylation sites is 1. The van der Waals surface area contributed by atoms with Crippen LogP contribution in [0.15, 0.2) is 64.1 Å². The van der Waals surface area contributed by atoms with E-state index in [9.17, 15) is 19.2 Å². The summed E-state index contributed by atoms with van der Waals surface area (Å²) in [5.41, 5.74) is 1.46. The monoisotopic (exact) mass is 445 g/mol. The van der Waals surface area contributed by atoms with Crippen LogP contribution in [0.3, 0.4) is 0 Å². The molecule has 1 aliphatic rings. The highest BCUT2D eigenvalue weighted by molar-refractivity contribution is 6.21. The van der Waals surface area contributed by atoms with Crippen LogP contribution in [0.5, 0.6) is 0 Å². The van der Waals surface area contributed by atoms with E-state index in [1.807, 2.05) is 12.1 Å². The van der Waals surface area contributed by atoms with Gasteiger partial charge in [-0.05, 0) is 37.1 Å². The van der Waals surface area contributed by atoms with Gasteiger partial charge in [-0.3, -0.25) is 28.6 Å². The molecule has 2 aromatic heterocycles. The summed E-state index contributed by atoms with van der Waals surface area (Å²) in [6, 6.07) is 13.9. The molecule has 0 bridgehead atoms. The third-order valence-corrected chi connectivity index (χ3v) is 5.57. The number of furan rings is 1. The zero-order chi connectivity index (χ0) is 22.9. The number of ether oxygens (including phenoxy) is 1. The van der Waals surface area contributed by atoms with E-state index in [-0.39, 0.29) is 37.1 Å². The van der Waals surface area contributed by atoms with Gasteiger partial charge in [-0.1, -0.05) is 24.3 Å². The number of amides is 2. The Bertz CT molecular complexity index is 1430. The summed E-state index contributed by atoms with van der Waals surface area (Å²) in [6.07, 6.45) is 2.26. The van der Waals surface area contributed by atoms with Gasteiger partial charge in [0, 0.05) is 11.9 Å². The predicted molar refractivity (Wildman–Crippen MR) is 118 cm³/mol. The molecule has 0 fully saturated rings. The lowest BCUT2D eigenvalue weighted by Crippen LogP contribution is -2.31. The topological polar surface area (TPSA) is 112 Å². The largest absolute Gasteiger partial charge is 0.464 e. The summed E-state index contributed by atoms with van der Waals surface area (Å²) in [4.78, 5) is 55.0. The fraction of sp³-hybridized carbons (Fsp3) is 0.208. The highest BCUT2D eigenvalue weighted by atomic mass is 16.5. The maximum Gasteiger partial charge on any atom is 0.326 e. The number of nitrogens with zero attached hydrogens (tertiary/aromatic N) is 3. The van der Waals surface area contributed by atoms with E-state index in [1.165, 1.54) is 11.2 Å². The number of aromatic nitrogens is 2. The van der Waals surface area contributed by atoms with Crippen molar-refractivity contribution in [3.8, 4) is 0 Å². The van der Waals surface area contributed by atoms with Gasteiger partial charge in [0.05, 0.1) is 24.1 Å². The summed E-state index contributed by atoms with van der Waals surface area (Å²) in [7, 11) is 0. The van der Waals surface area contributed by atoms with Gasteiger partial charge >= 0.3 is 5.97 Å². The molecule has 33 heavy (non-hydrogen) atoms. The molecule has 0 saturated heterocycles. The quantitative estimate of drug-likeness (QED) is 0.244. The van der Waals surface area contributed by atoms with Gasteiger partial charge in [0.15, 0.2) is 0 Å². The molecule has 0 radical (unpaired) electrons. The van der Waals surface area contributed by atoms with E-state index in [4.69, 9.17) is 9.15 Å². The standard InChI is InChI=1S/C24H19N3O6/c28-19(13-26-14-25-20-17-9-3-4-10-18(17)33-21(20)24(26)31)32-12-6-5-11-27-22(29)15-7-1-2-8-16(15)23(27)30/h1-4,7-10,14H,5-6,11-13H2. The highest BCUT2D eigenvalue weighted by Crippen LogP contribution is 2.24. The van der Waals surface area contributed by atoms with Crippen molar-refractivity contribution >= 4 is 39.9 Å². The molecule has 1 aliphatic heterocycles. The Kier molecular flexibility index (Phi) is 5.21. The first-order valence-electron chi connectivity index (χ1n) is 10.5. The van der Waals surface area contributed by atoms with Crippen molar-refractivity contribution in [2.45, 2.75) is 19.4 Å². The van der Waals surface area contributed by atoms with E-state index in [2.05, 4.69) is 4.98 Å². The molecule has 9 nitrogen and oxygen atoms in total. The van der Waals surface area contributed by atoms with E-state index in [0.717, 1.165) is 9.95 Å². The second-order valence-corrected chi connectivity index (χ2v) is 7.69. The summed E-state index contributed by atoms with van der Waals surface area (Å²) in [5, 5.41) is 0.734. The maximum absolute atomic E-state index is 12.7. The maximum atomic E-state index is 12.7. The smallest absolute Gasteiger partial charge is 0.326 e. The molecule has 0 atom stereocenters. The van der Waals surface area contributed by atoms with Crippen molar-refractivity contribution in [1.82, 2.24) is 14.5 Å². The third kappa shape index (κ3) is 3.67. The number of unbranched alkanes of at least 4 members (excludes halogenated alkanes) is 1. The Balaban J connectivity index is 1.14. The van der Waals surface area contributed by atoms with Gasteiger partial charge in [-0.25, -0.2) is 4.98 Å². The van der Waals surface area contributed by atoms with Gasteiger partial charge in [-0.2, -0.15) is 0 Å². The van der Waals surface area contributed by atoms with Crippen LogP contribution >= 0.6 is 0 Å². The van der Waals surface area contributed by atoms with Crippen molar-refractivity contribution in [3.63, 3.8) is 0 Å². The zero-order valence-corrected chi connectivity index (χ0v) is 17.5. The molecule has 4 aromatic rings. The summed E-state index contributed by atoms with van der Waals surface area (Å²) < 4.78 is 12.0. The SMILES string of the molecule is O=C(Cn1cnc2c(oc3ccccc32)c1=O)OCCCCN1C(=O)c2ccccc2C1=O. The van der Waals surface area contributed by atoms with Crippen LogP contribution in [-0.2, 0) is 16.1 Å². The number of benzene rings is 2. The van der Waals surface area contributed by atoms with Gasteiger partial charge in [-0.15, -0.1) is 0 Å². The third-order valence-electron chi connectivity index (χ3n) is 5.57. The predicted octanol–water partition coefficient (Wildman–Crippen LogP) is 2.76. The fourth-order valence-corrected chi connectivity index (χ4v) is 3.91. The molecule has 0 N–H and O–H groups in total. The minimum atomic E-state index is -0.588. The second kappa shape index (κ2) is 8.34. The number of esters is 1. The number of rotatable bonds is 7. The fourth-order valence-electron chi connectivity index (χ4n) is 3.91. The lowest BCUT2D eigenvalue weighted by atomic mass is 10.1. The van der Waals surface area contributed by atoms with E-state index < -0.39 is 11.5 Å². The first-order valence-corrected chi connectivity index (χ1v) is 10.5. The first kappa shape index (κ1) is 20.6. The average molecular weight is 445 g/mol. The Labute approximate surface area is 187 Å². The van der Waals surface area contributed by atoms with Crippen molar-refractivity contribution in [2.75, 3.05) is 13.2 Å². The van der Waals surface area contributed by atoms with Crippen molar-refractivity contribution in [2.24, 2.45) is 0 Å². The van der Waals surface area contributed by atoms with Crippen molar-refractivity contribution in [3.05, 3.63) is 76.3 Å². The minimum absolute atomic E-state index is 0.0902. The van der Waals surface area contributed by atoms with E-state index in [0.29, 0.717) is 35.1 Å². The van der Waals surface area contributed by atoms with Crippen LogP contribution in [0, 0.1) is 0 Å². The molecule has 0 unspecified atom stereocenters. The Hall–Kier alpha value is -4.27. The Morgan fingerprint density at radius 2 is 1.64 bits per heavy atom.